The molecule has 0 amide bonds. The predicted octanol–water partition coefficient (Wildman–Crippen LogP) is 3.97. The van der Waals surface area contributed by atoms with Crippen LogP contribution >= 0.6 is 0 Å². The zero-order valence-corrected chi connectivity index (χ0v) is 13.5. The number of nitrogens with one attached hydrogen (secondary N) is 1. The van der Waals surface area contributed by atoms with Crippen molar-refractivity contribution in [3.05, 3.63) is 53.2 Å². The topological polar surface area (TPSA) is 28.2 Å². The van der Waals surface area contributed by atoms with Gasteiger partial charge in [-0.05, 0) is 50.6 Å². The molecule has 1 N–H and O–H groups in total. The maximum absolute atomic E-state index is 4.80. The van der Waals surface area contributed by atoms with Gasteiger partial charge in [0.2, 0.25) is 0 Å². The van der Waals surface area contributed by atoms with Crippen molar-refractivity contribution in [1.82, 2.24) is 10.3 Å². The van der Waals surface area contributed by atoms with Crippen molar-refractivity contribution in [3.8, 4) is 0 Å². The van der Waals surface area contributed by atoms with E-state index >= 15 is 0 Å². The highest BCUT2D eigenvalue weighted by molar-refractivity contribution is 5.63. The maximum Gasteiger partial charge on any atom is 0.133 e. The van der Waals surface area contributed by atoms with E-state index in [1.807, 2.05) is 0 Å². The second kappa shape index (κ2) is 7.23. The summed E-state index contributed by atoms with van der Waals surface area (Å²) >= 11 is 0. The second-order valence-electron chi connectivity index (χ2n) is 5.23. The summed E-state index contributed by atoms with van der Waals surface area (Å²) in [5.41, 5.74) is 4.86. The fourth-order valence-electron chi connectivity index (χ4n) is 2.50. The van der Waals surface area contributed by atoms with Crippen LogP contribution in [-0.4, -0.2) is 18.1 Å². The number of nitrogens with zero attached hydrogens (tertiary/aromatic N) is 2. The highest BCUT2D eigenvalue weighted by Crippen LogP contribution is 2.27. The highest BCUT2D eigenvalue weighted by atomic mass is 15.2. The Labute approximate surface area is 128 Å². The van der Waals surface area contributed by atoms with Crippen molar-refractivity contribution in [3.63, 3.8) is 0 Å². The number of aromatic nitrogens is 1. The van der Waals surface area contributed by atoms with Crippen molar-refractivity contribution in [2.75, 3.05) is 18.0 Å². The van der Waals surface area contributed by atoms with Crippen molar-refractivity contribution < 1.29 is 0 Å². The molecule has 1 heterocycles. The minimum atomic E-state index is 0.881. The molecule has 2 rings (SSSR count). The Bertz CT molecular complexity index is 593. The Kier molecular flexibility index (Phi) is 5.34. The van der Waals surface area contributed by atoms with Gasteiger partial charge < -0.3 is 10.2 Å². The summed E-state index contributed by atoms with van der Waals surface area (Å²) in [6.07, 6.45) is 0. The molecule has 0 aliphatic heterocycles. The van der Waals surface area contributed by atoms with Crippen LogP contribution < -0.4 is 10.2 Å². The summed E-state index contributed by atoms with van der Waals surface area (Å²) in [5, 5.41) is 3.36. The molecule has 112 valence electrons. The van der Waals surface area contributed by atoms with Gasteiger partial charge in [-0.15, -0.1) is 0 Å². The van der Waals surface area contributed by atoms with E-state index in [9.17, 15) is 0 Å². The molecule has 0 saturated carbocycles. The van der Waals surface area contributed by atoms with Gasteiger partial charge in [0.25, 0.3) is 0 Å². The molecule has 0 saturated heterocycles. The van der Waals surface area contributed by atoms with Gasteiger partial charge in [0.15, 0.2) is 0 Å². The number of hydrogen-bond donors (Lipinski definition) is 1. The molecule has 21 heavy (non-hydrogen) atoms. The molecule has 3 nitrogen and oxygen atoms in total. The minimum Gasteiger partial charge on any atom is -0.326 e. The lowest BCUT2D eigenvalue weighted by atomic mass is 10.1. The van der Waals surface area contributed by atoms with Crippen LogP contribution in [0.5, 0.6) is 0 Å². The van der Waals surface area contributed by atoms with Crippen molar-refractivity contribution in [2.24, 2.45) is 0 Å². The lowest BCUT2D eigenvalue weighted by Gasteiger charge is -2.24. The molecule has 0 unspecified atom stereocenters. The van der Waals surface area contributed by atoms with Crippen LogP contribution in [0.25, 0.3) is 0 Å². The van der Waals surface area contributed by atoms with E-state index in [2.05, 4.69) is 74.3 Å². The van der Waals surface area contributed by atoms with Crippen LogP contribution in [0.4, 0.5) is 11.5 Å². The summed E-state index contributed by atoms with van der Waals surface area (Å²) in [4.78, 5) is 7.06. The molecule has 0 radical (unpaired) electrons. The molecular formula is C18H25N3. The first kappa shape index (κ1) is 15.5. The van der Waals surface area contributed by atoms with Crippen molar-refractivity contribution in [2.45, 2.75) is 34.2 Å². The third kappa shape index (κ3) is 3.61. The molecule has 1 aromatic heterocycles. The van der Waals surface area contributed by atoms with E-state index in [1.54, 1.807) is 0 Å². The van der Waals surface area contributed by atoms with E-state index in [1.165, 1.54) is 16.8 Å². The quantitative estimate of drug-likeness (QED) is 0.869. The predicted molar refractivity (Wildman–Crippen MR) is 90.2 cm³/mol. The molecule has 1 aromatic carbocycles. The van der Waals surface area contributed by atoms with Gasteiger partial charge in [0.1, 0.15) is 5.82 Å². The van der Waals surface area contributed by atoms with E-state index in [0.29, 0.717) is 0 Å². The standard InChI is InChI=1S/C18H25N3/c1-5-19-13-16-11-12-18(20-15(16)4)21(6-2)17-10-8-7-9-14(17)3/h7-12,19H,5-6,13H2,1-4H3. The average molecular weight is 283 g/mol. The van der Waals surface area contributed by atoms with Gasteiger partial charge in [-0.2, -0.15) is 0 Å². The van der Waals surface area contributed by atoms with Crippen LogP contribution in [0.2, 0.25) is 0 Å². The van der Waals surface area contributed by atoms with E-state index in [0.717, 1.165) is 31.1 Å². The lowest BCUT2D eigenvalue weighted by molar-refractivity contribution is 0.719. The third-order valence-corrected chi connectivity index (χ3v) is 3.75. The third-order valence-electron chi connectivity index (χ3n) is 3.75. The smallest absolute Gasteiger partial charge is 0.133 e. The zero-order valence-electron chi connectivity index (χ0n) is 13.5. The van der Waals surface area contributed by atoms with Crippen LogP contribution in [0.15, 0.2) is 36.4 Å². The van der Waals surface area contributed by atoms with Gasteiger partial charge in [-0.3, -0.25) is 0 Å². The molecule has 0 aliphatic carbocycles. The van der Waals surface area contributed by atoms with E-state index < -0.39 is 0 Å². The van der Waals surface area contributed by atoms with Crippen molar-refractivity contribution >= 4 is 11.5 Å². The first-order chi connectivity index (χ1) is 10.2. The Balaban J connectivity index is 2.31. The van der Waals surface area contributed by atoms with E-state index in [4.69, 9.17) is 4.98 Å². The number of benzene rings is 1. The summed E-state index contributed by atoms with van der Waals surface area (Å²) in [6.45, 7) is 11.3. The SMILES string of the molecule is CCNCc1ccc(N(CC)c2ccccc2C)nc1C. The van der Waals surface area contributed by atoms with E-state index in [-0.39, 0.29) is 0 Å². The molecule has 3 heteroatoms. The Morgan fingerprint density at radius 3 is 2.43 bits per heavy atom. The summed E-state index contributed by atoms with van der Waals surface area (Å²) in [5.74, 6) is 1.02. The summed E-state index contributed by atoms with van der Waals surface area (Å²) < 4.78 is 0. The number of hydrogen-bond acceptors (Lipinski definition) is 3. The number of anilines is 2. The number of rotatable bonds is 6. The molecular weight excluding hydrogens is 258 g/mol. The van der Waals surface area contributed by atoms with Crippen LogP contribution in [0.1, 0.15) is 30.7 Å². The fraction of sp³-hybridized carbons (Fsp3) is 0.389. The average Bonchev–Trinajstić information content (AvgIpc) is 2.49. The molecule has 0 spiro atoms. The highest BCUT2D eigenvalue weighted by Gasteiger charge is 2.12. The monoisotopic (exact) mass is 283 g/mol. The molecule has 0 bridgehead atoms. The zero-order chi connectivity index (χ0) is 15.2. The lowest BCUT2D eigenvalue weighted by Crippen LogP contribution is -2.19. The summed E-state index contributed by atoms with van der Waals surface area (Å²) in [7, 11) is 0. The number of para-hydroxylation sites is 1. The Hall–Kier alpha value is -1.87. The van der Waals surface area contributed by atoms with Gasteiger partial charge in [0, 0.05) is 24.5 Å². The van der Waals surface area contributed by atoms with Gasteiger partial charge in [0.05, 0.1) is 0 Å². The molecule has 0 atom stereocenters. The Morgan fingerprint density at radius 1 is 1.05 bits per heavy atom. The van der Waals surface area contributed by atoms with Crippen LogP contribution in [-0.2, 0) is 6.54 Å². The Morgan fingerprint density at radius 2 is 1.81 bits per heavy atom. The van der Waals surface area contributed by atoms with Gasteiger partial charge in [-0.25, -0.2) is 4.98 Å². The number of pyridine rings is 1. The molecule has 2 aromatic rings. The summed E-state index contributed by atoms with van der Waals surface area (Å²) in [6, 6.07) is 12.8. The van der Waals surface area contributed by atoms with Crippen LogP contribution in [0, 0.1) is 13.8 Å². The normalized spacial score (nSPS) is 10.7. The van der Waals surface area contributed by atoms with Gasteiger partial charge >= 0.3 is 0 Å². The first-order valence-corrected chi connectivity index (χ1v) is 7.67. The van der Waals surface area contributed by atoms with Crippen molar-refractivity contribution in [1.29, 1.82) is 0 Å². The van der Waals surface area contributed by atoms with Gasteiger partial charge in [-0.1, -0.05) is 31.2 Å². The number of aryl methyl sites for hydroxylation is 2. The maximum atomic E-state index is 4.80. The molecule has 0 fully saturated rings. The van der Waals surface area contributed by atoms with Crippen LogP contribution in [0.3, 0.4) is 0 Å². The first-order valence-electron chi connectivity index (χ1n) is 7.67. The molecule has 0 aliphatic rings. The second-order valence-corrected chi connectivity index (χ2v) is 5.23. The largest absolute Gasteiger partial charge is 0.326 e. The minimum absolute atomic E-state index is 0.881. The fourth-order valence-corrected chi connectivity index (χ4v) is 2.50.